The second-order valence-electron chi connectivity index (χ2n) is 3.51. The molecule has 2 heterocycles. The third kappa shape index (κ3) is 2.28. The van der Waals surface area contributed by atoms with E-state index in [1.165, 1.54) is 0 Å². The van der Waals surface area contributed by atoms with E-state index in [9.17, 15) is 0 Å². The van der Waals surface area contributed by atoms with Crippen LogP contribution in [-0.4, -0.2) is 28.9 Å². The number of alkyl halides is 1. The number of fused-ring (bicyclic) bond motifs is 1. The highest BCUT2D eigenvalue weighted by atomic mass is 35.5. The Morgan fingerprint density at radius 3 is 3.00 bits per heavy atom. The summed E-state index contributed by atoms with van der Waals surface area (Å²) in [6, 6.07) is 2.08. The molecule has 2 aromatic rings. The number of rotatable bonds is 5. The Morgan fingerprint density at radius 2 is 2.25 bits per heavy atom. The maximum absolute atomic E-state index is 5.82. The lowest BCUT2D eigenvalue weighted by atomic mass is 10.3. The van der Waals surface area contributed by atoms with Crippen molar-refractivity contribution in [1.29, 1.82) is 0 Å². The summed E-state index contributed by atoms with van der Waals surface area (Å²) in [5.41, 5.74) is 0. The smallest absolute Gasteiger partial charge is 0.140 e. The van der Waals surface area contributed by atoms with E-state index < -0.39 is 0 Å². The number of hydrogen-bond donors (Lipinski definition) is 0. The third-order valence-corrected chi connectivity index (χ3v) is 3.38. The van der Waals surface area contributed by atoms with Crippen LogP contribution in [-0.2, 0) is 0 Å². The first-order valence-electron chi connectivity index (χ1n) is 5.36. The van der Waals surface area contributed by atoms with E-state index in [0.717, 1.165) is 35.5 Å². The highest BCUT2D eigenvalue weighted by Crippen LogP contribution is 2.26. The van der Waals surface area contributed by atoms with Crippen molar-refractivity contribution >= 4 is 39.0 Å². The van der Waals surface area contributed by atoms with Crippen LogP contribution in [0.3, 0.4) is 0 Å². The molecule has 0 saturated heterocycles. The zero-order valence-electron chi connectivity index (χ0n) is 9.19. The van der Waals surface area contributed by atoms with Crippen LogP contribution in [0.2, 0.25) is 0 Å². The number of aromatic nitrogens is 2. The Bertz CT molecular complexity index is 451. The van der Waals surface area contributed by atoms with Gasteiger partial charge in [-0.25, -0.2) is 9.97 Å². The molecule has 0 aliphatic heterocycles. The summed E-state index contributed by atoms with van der Waals surface area (Å²) >= 11 is 7.47. The van der Waals surface area contributed by atoms with Crippen molar-refractivity contribution in [3.05, 3.63) is 17.8 Å². The highest BCUT2D eigenvalue weighted by Gasteiger charge is 2.11. The molecule has 0 N–H and O–H groups in total. The van der Waals surface area contributed by atoms with Crippen molar-refractivity contribution in [1.82, 2.24) is 9.97 Å². The molecular formula is C11H14ClN3S. The molecule has 0 bridgehead atoms. The molecular weight excluding hydrogens is 242 g/mol. The Balaban J connectivity index is 2.38. The molecule has 0 atom stereocenters. The summed E-state index contributed by atoms with van der Waals surface area (Å²) in [7, 11) is 0. The molecule has 0 aliphatic carbocycles. The van der Waals surface area contributed by atoms with Crippen LogP contribution in [0.25, 0.3) is 10.2 Å². The fraction of sp³-hybridized carbons (Fsp3) is 0.455. The minimum absolute atomic E-state index is 0.621. The molecule has 0 saturated carbocycles. The topological polar surface area (TPSA) is 29.0 Å². The fourth-order valence-electron chi connectivity index (χ4n) is 1.72. The van der Waals surface area contributed by atoms with Gasteiger partial charge in [0.2, 0.25) is 0 Å². The summed E-state index contributed by atoms with van der Waals surface area (Å²) in [6.45, 7) is 3.97. The van der Waals surface area contributed by atoms with Gasteiger partial charge in [0.1, 0.15) is 17.0 Å². The van der Waals surface area contributed by atoms with Crippen molar-refractivity contribution in [3.8, 4) is 0 Å². The highest BCUT2D eigenvalue weighted by molar-refractivity contribution is 7.16. The third-order valence-electron chi connectivity index (χ3n) is 2.39. The lowest BCUT2D eigenvalue weighted by Gasteiger charge is -2.22. The van der Waals surface area contributed by atoms with Crippen LogP contribution in [0, 0.1) is 0 Å². The molecule has 86 valence electrons. The summed E-state index contributed by atoms with van der Waals surface area (Å²) in [5, 5.41) is 3.18. The van der Waals surface area contributed by atoms with E-state index in [0.29, 0.717) is 5.88 Å². The van der Waals surface area contributed by atoms with E-state index in [1.54, 1.807) is 17.7 Å². The molecule has 16 heavy (non-hydrogen) atoms. The van der Waals surface area contributed by atoms with Gasteiger partial charge in [-0.1, -0.05) is 6.92 Å². The molecule has 0 spiro atoms. The van der Waals surface area contributed by atoms with Crippen LogP contribution < -0.4 is 4.90 Å². The summed E-state index contributed by atoms with van der Waals surface area (Å²) in [6.07, 6.45) is 2.72. The number of thiophene rings is 1. The van der Waals surface area contributed by atoms with E-state index in [1.807, 2.05) is 5.38 Å². The lowest BCUT2D eigenvalue weighted by molar-refractivity contribution is 0.783. The van der Waals surface area contributed by atoms with Crippen LogP contribution in [0.15, 0.2) is 17.8 Å². The average Bonchev–Trinajstić information content (AvgIpc) is 2.76. The Labute approximate surface area is 104 Å². The zero-order valence-corrected chi connectivity index (χ0v) is 10.8. The quantitative estimate of drug-likeness (QED) is 0.769. The maximum Gasteiger partial charge on any atom is 0.140 e. The van der Waals surface area contributed by atoms with Gasteiger partial charge >= 0.3 is 0 Å². The normalized spacial score (nSPS) is 10.9. The molecule has 3 nitrogen and oxygen atoms in total. The first-order valence-corrected chi connectivity index (χ1v) is 6.77. The molecule has 0 aliphatic rings. The molecule has 0 unspecified atom stereocenters. The number of hydrogen-bond acceptors (Lipinski definition) is 4. The first-order chi connectivity index (χ1) is 7.86. The van der Waals surface area contributed by atoms with Gasteiger partial charge in [0.25, 0.3) is 0 Å². The predicted octanol–water partition coefficient (Wildman–Crippen LogP) is 3.15. The molecule has 0 fully saturated rings. The first kappa shape index (κ1) is 11.6. The Kier molecular flexibility index (Phi) is 3.96. The second kappa shape index (κ2) is 5.46. The van der Waals surface area contributed by atoms with Gasteiger partial charge in [-0.3, -0.25) is 0 Å². The van der Waals surface area contributed by atoms with Crippen LogP contribution in [0.1, 0.15) is 13.3 Å². The molecule has 2 rings (SSSR count). The number of nitrogens with zero attached hydrogens (tertiary/aromatic N) is 3. The summed E-state index contributed by atoms with van der Waals surface area (Å²) in [4.78, 5) is 11.9. The largest absolute Gasteiger partial charge is 0.355 e. The lowest BCUT2D eigenvalue weighted by Crippen LogP contribution is -2.27. The molecule has 0 radical (unpaired) electrons. The van der Waals surface area contributed by atoms with Crippen LogP contribution in [0.5, 0.6) is 0 Å². The Morgan fingerprint density at radius 1 is 1.38 bits per heavy atom. The van der Waals surface area contributed by atoms with Gasteiger partial charge in [0.05, 0.1) is 5.39 Å². The van der Waals surface area contributed by atoms with Gasteiger partial charge in [-0.05, 0) is 17.9 Å². The standard InChI is InChI=1S/C11H14ClN3S/c1-2-5-15(6-4-12)10-9-3-7-16-11(9)14-8-13-10/h3,7-8H,2,4-6H2,1H3. The van der Waals surface area contributed by atoms with Gasteiger partial charge in [0, 0.05) is 19.0 Å². The van der Waals surface area contributed by atoms with Gasteiger partial charge in [0.15, 0.2) is 0 Å². The van der Waals surface area contributed by atoms with Gasteiger partial charge in [-0.15, -0.1) is 22.9 Å². The van der Waals surface area contributed by atoms with Gasteiger partial charge in [-0.2, -0.15) is 0 Å². The summed E-state index contributed by atoms with van der Waals surface area (Å²) < 4.78 is 0. The average molecular weight is 256 g/mol. The van der Waals surface area contributed by atoms with Crippen molar-refractivity contribution in [2.45, 2.75) is 13.3 Å². The fourth-order valence-corrected chi connectivity index (χ4v) is 2.66. The van der Waals surface area contributed by atoms with Crippen LogP contribution >= 0.6 is 22.9 Å². The van der Waals surface area contributed by atoms with Gasteiger partial charge < -0.3 is 4.90 Å². The maximum atomic E-state index is 5.82. The second-order valence-corrected chi connectivity index (χ2v) is 4.79. The molecule has 5 heteroatoms. The van der Waals surface area contributed by atoms with E-state index in [4.69, 9.17) is 11.6 Å². The van der Waals surface area contributed by atoms with E-state index >= 15 is 0 Å². The Hall–Kier alpha value is -0.870. The van der Waals surface area contributed by atoms with E-state index in [2.05, 4.69) is 27.9 Å². The van der Waals surface area contributed by atoms with Crippen molar-refractivity contribution in [2.24, 2.45) is 0 Å². The minimum atomic E-state index is 0.621. The molecule has 0 amide bonds. The monoisotopic (exact) mass is 255 g/mol. The number of anilines is 1. The van der Waals surface area contributed by atoms with Crippen molar-refractivity contribution in [2.75, 3.05) is 23.9 Å². The zero-order chi connectivity index (χ0) is 11.4. The summed E-state index contributed by atoms with van der Waals surface area (Å²) in [5.74, 6) is 1.63. The van der Waals surface area contributed by atoms with Crippen molar-refractivity contribution < 1.29 is 0 Å². The molecule has 2 aromatic heterocycles. The number of halogens is 1. The van der Waals surface area contributed by atoms with Crippen molar-refractivity contribution in [3.63, 3.8) is 0 Å². The predicted molar refractivity (Wildman–Crippen MR) is 70.6 cm³/mol. The van der Waals surface area contributed by atoms with E-state index in [-0.39, 0.29) is 0 Å². The minimum Gasteiger partial charge on any atom is -0.355 e. The van der Waals surface area contributed by atoms with Crippen LogP contribution in [0.4, 0.5) is 5.82 Å². The molecule has 0 aromatic carbocycles. The SMILES string of the molecule is CCCN(CCCl)c1ncnc2sccc12.